The molecule has 1 rings (SSSR count). The Balaban J connectivity index is 2.44. The molecule has 0 aliphatic rings. The van der Waals surface area contributed by atoms with E-state index in [0.29, 0.717) is 0 Å². The van der Waals surface area contributed by atoms with E-state index in [4.69, 9.17) is 0 Å². The minimum atomic E-state index is 0.120. The van der Waals surface area contributed by atoms with E-state index < -0.39 is 0 Å². The van der Waals surface area contributed by atoms with Gasteiger partial charge in [0, 0.05) is 11.3 Å². The first kappa shape index (κ1) is 13.5. The van der Waals surface area contributed by atoms with Crippen molar-refractivity contribution < 1.29 is 0 Å². The van der Waals surface area contributed by atoms with E-state index in [1.807, 2.05) is 16.4 Å². The van der Waals surface area contributed by atoms with Gasteiger partial charge in [-0.25, -0.2) is 9.67 Å². The molecule has 4 nitrogen and oxygen atoms in total. The molecule has 0 bridgehead atoms. The summed E-state index contributed by atoms with van der Waals surface area (Å²) in [5.41, 5.74) is 0.120. The van der Waals surface area contributed by atoms with Gasteiger partial charge in [0.2, 0.25) is 0 Å². The number of nitrogens with one attached hydrogen (secondary N) is 1. The fourth-order valence-electron chi connectivity index (χ4n) is 1.25. The van der Waals surface area contributed by atoms with E-state index >= 15 is 0 Å². The van der Waals surface area contributed by atoms with Crippen molar-refractivity contribution in [1.82, 2.24) is 20.1 Å². The molecule has 0 aliphatic heterocycles. The highest BCUT2D eigenvalue weighted by atomic mass is 32.2. The van der Waals surface area contributed by atoms with Gasteiger partial charge in [0.25, 0.3) is 0 Å². The summed E-state index contributed by atoms with van der Waals surface area (Å²) in [5.74, 6) is 3.28. The Hall–Kier alpha value is -0.550. The minimum Gasteiger partial charge on any atom is -0.305 e. The van der Waals surface area contributed by atoms with Crippen LogP contribution in [0.2, 0.25) is 0 Å². The van der Waals surface area contributed by atoms with Crippen molar-refractivity contribution in [2.45, 2.75) is 46.3 Å². The van der Waals surface area contributed by atoms with Crippen LogP contribution in [0.4, 0.5) is 0 Å². The quantitative estimate of drug-likeness (QED) is 0.774. The number of nitrogens with zero attached hydrogens (tertiary/aromatic N) is 3. The first-order valence-corrected chi connectivity index (χ1v) is 6.88. The zero-order valence-electron chi connectivity index (χ0n) is 10.7. The van der Waals surface area contributed by atoms with Crippen LogP contribution < -0.4 is 5.32 Å². The summed E-state index contributed by atoms with van der Waals surface area (Å²) in [7, 11) is 0. The summed E-state index contributed by atoms with van der Waals surface area (Å²) < 4.78 is 1.99. The number of aromatic nitrogens is 3. The van der Waals surface area contributed by atoms with Crippen molar-refractivity contribution in [3.8, 4) is 0 Å². The first-order valence-electron chi connectivity index (χ1n) is 5.72. The van der Waals surface area contributed by atoms with Gasteiger partial charge < -0.3 is 5.32 Å². The van der Waals surface area contributed by atoms with Crippen LogP contribution in [-0.2, 0) is 13.1 Å². The Kier molecular flexibility index (Phi) is 5.28. The molecular weight excluding hydrogens is 220 g/mol. The summed E-state index contributed by atoms with van der Waals surface area (Å²) in [6.07, 6.45) is 1.64. The normalized spacial score (nSPS) is 12.0. The molecule has 16 heavy (non-hydrogen) atoms. The molecule has 1 heterocycles. The molecular formula is C11H22N4S. The standard InChI is InChI=1S/C11H22N4S/c1-5-16-7-6-15-10(12-9-14-15)8-13-11(2,3)4/h9,13H,5-8H2,1-4H3. The molecule has 1 N–H and O–H groups in total. The number of hydrogen-bond donors (Lipinski definition) is 1. The van der Waals surface area contributed by atoms with Gasteiger partial charge in [-0.05, 0) is 26.5 Å². The maximum Gasteiger partial charge on any atom is 0.140 e. The van der Waals surface area contributed by atoms with Crippen molar-refractivity contribution in [2.75, 3.05) is 11.5 Å². The van der Waals surface area contributed by atoms with Gasteiger partial charge in [-0.3, -0.25) is 0 Å². The Labute approximate surface area is 102 Å². The molecule has 0 radical (unpaired) electrons. The van der Waals surface area contributed by atoms with Crippen molar-refractivity contribution >= 4 is 11.8 Å². The van der Waals surface area contributed by atoms with E-state index in [9.17, 15) is 0 Å². The Bertz CT molecular complexity index is 303. The lowest BCUT2D eigenvalue weighted by Gasteiger charge is -2.20. The molecule has 5 heteroatoms. The van der Waals surface area contributed by atoms with Crippen LogP contribution in [0.15, 0.2) is 6.33 Å². The Morgan fingerprint density at radius 1 is 1.44 bits per heavy atom. The average Bonchev–Trinajstić information content (AvgIpc) is 2.62. The maximum atomic E-state index is 4.28. The molecule has 0 spiro atoms. The van der Waals surface area contributed by atoms with Gasteiger partial charge in [-0.1, -0.05) is 6.92 Å². The smallest absolute Gasteiger partial charge is 0.140 e. The topological polar surface area (TPSA) is 42.7 Å². The molecule has 0 amide bonds. The van der Waals surface area contributed by atoms with Crippen LogP contribution in [-0.4, -0.2) is 31.8 Å². The molecule has 0 aliphatic carbocycles. The minimum absolute atomic E-state index is 0.120. The predicted octanol–water partition coefficient (Wildman–Crippen LogP) is 1.92. The maximum absolute atomic E-state index is 4.28. The van der Waals surface area contributed by atoms with E-state index in [2.05, 4.69) is 43.1 Å². The zero-order valence-corrected chi connectivity index (χ0v) is 11.5. The Morgan fingerprint density at radius 3 is 2.81 bits per heavy atom. The van der Waals surface area contributed by atoms with Crippen LogP contribution >= 0.6 is 11.8 Å². The van der Waals surface area contributed by atoms with Gasteiger partial charge in [-0.15, -0.1) is 0 Å². The van der Waals surface area contributed by atoms with Crippen LogP contribution in [0.5, 0.6) is 0 Å². The second-order valence-electron chi connectivity index (χ2n) is 4.70. The zero-order chi connectivity index (χ0) is 12.0. The van der Waals surface area contributed by atoms with Crippen molar-refractivity contribution in [3.63, 3.8) is 0 Å². The van der Waals surface area contributed by atoms with Crippen LogP contribution in [0.25, 0.3) is 0 Å². The van der Waals surface area contributed by atoms with Crippen LogP contribution in [0.3, 0.4) is 0 Å². The third kappa shape index (κ3) is 4.99. The number of rotatable bonds is 6. The Morgan fingerprint density at radius 2 is 2.19 bits per heavy atom. The fourth-order valence-corrected chi connectivity index (χ4v) is 1.84. The van der Waals surface area contributed by atoms with Gasteiger partial charge in [0.15, 0.2) is 0 Å². The lowest BCUT2D eigenvalue weighted by Crippen LogP contribution is -2.36. The highest BCUT2D eigenvalue weighted by Gasteiger charge is 2.11. The average molecular weight is 242 g/mol. The van der Waals surface area contributed by atoms with Gasteiger partial charge in [0.05, 0.1) is 13.1 Å². The first-order chi connectivity index (χ1) is 7.53. The highest BCUT2D eigenvalue weighted by Crippen LogP contribution is 2.04. The number of aryl methyl sites for hydroxylation is 1. The number of hydrogen-bond acceptors (Lipinski definition) is 4. The predicted molar refractivity (Wildman–Crippen MR) is 69.6 cm³/mol. The van der Waals surface area contributed by atoms with E-state index in [1.165, 1.54) is 0 Å². The SMILES string of the molecule is CCSCCn1ncnc1CNC(C)(C)C. The molecule has 0 saturated carbocycles. The van der Waals surface area contributed by atoms with Gasteiger partial charge in [-0.2, -0.15) is 16.9 Å². The lowest BCUT2D eigenvalue weighted by atomic mass is 10.1. The summed E-state index contributed by atoms with van der Waals surface area (Å²) in [6, 6.07) is 0. The van der Waals surface area contributed by atoms with Crippen LogP contribution in [0.1, 0.15) is 33.5 Å². The van der Waals surface area contributed by atoms with Crippen molar-refractivity contribution in [3.05, 3.63) is 12.2 Å². The van der Waals surface area contributed by atoms with Gasteiger partial charge >= 0.3 is 0 Å². The summed E-state index contributed by atoms with van der Waals surface area (Å²) in [6.45, 7) is 10.4. The third-order valence-electron chi connectivity index (χ3n) is 2.12. The number of thioether (sulfide) groups is 1. The molecule has 0 saturated heterocycles. The van der Waals surface area contributed by atoms with Crippen molar-refractivity contribution in [1.29, 1.82) is 0 Å². The molecule has 0 fully saturated rings. The van der Waals surface area contributed by atoms with E-state index in [-0.39, 0.29) is 5.54 Å². The summed E-state index contributed by atoms with van der Waals surface area (Å²) in [4.78, 5) is 4.28. The monoisotopic (exact) mass is 242 g/mol. The molecule has 0 unspecified atom stereocenters. The molecule has 92 valence electrons. The fraction of sp³-hybridized carbons (Fsp3) is 0.818. The molecule has 1 aromatic rings. The van der Waals surface area contributed by atoms with E-state index in [1.54, 1.807) is 6.33 Å². The highest BCUT2D eigenvalue weighted by molar-refractivity contribution is 7.99. The summed E-state index contributed by atoms with van der Waals surface area (Å²) >= 11 is 1.93. The van der Waals surface area contributed by atoms with Crippen LogP contribution in [0, 0.1) is 0 Å². The largest absolute Gasteiger partial charge is 0.305 e. The molecule has 0 atom stereocenters. The molecule has 1 aromatic heterocycles. The van der Waals surface area contributed by atoms with Crippen molar-refractivity contribution in [2.24, 2.45) is 0 Å². The lowest BCUT2D eigenvalue weighted by molar-refractivity contribution is 0.409. The second-order valence-corrected chi connectivity index (χ2v) is 6.09. The van der Waals surface area contributed by atoms with E-state index in [0.717, 1.165) is 30.4 Å². The summed E-state index contributed by atoms with van der Waals surface area (Å²) in [5, 5.41) is 7.67. The third-order valence-corrected chi connectivity index (χ3v) is 3.00. The second kappa shape index (κ2) is 6.25. The molecule has 0 aromatic carbocycles. The van der Waals surface area contributed by atoms with Gasteiger partial charge in [0.1, 0.15) is 12.2 Å².